The molecule has 5 heteroatoms. The van der Waals surface area contributed by atoms with Crippen molar-refractivity contribution in [2.75, 3.05) is 13.1 Å². The first kappa shape index (κ1) is 16.8. The summed E-state index contributed by atoms with van der Waals surface area (Å²) in [5.74, 6) is 1.08. The number of nitrogens with two attached hydrogens (primary N) is 1. The van der Waals surface area contributed by atoms with Crippen LogP contribution in [0.25, 0.3) is 0 Å². The largest absolute Gasteiger partial charge is 0.480 e. The molecule has 1 saturated heterocycles. The SMILES string of the molecule is Cl.N[C@@H]1CN(C(=O)C2Cc3ccccc3O2)C[C@H]1c1ccccc1. The Kier molecular flexibility index (Phi) is 4.78. The second kappa shape index (κ2) is 6.83. The van der Waals surface area contributed by atoms with E-state index in [0.717, 1.165) is 11.3 Å². The van der Waals surface area contributed by atoms with E-state index in [1.165, 1.54) is 5.56 Å². The lowest BCUT2D eigenvalue weighted by Gasteiger charge is -2.20. The molecule has 0 bridgehead atoms. The van der Waals surface area contributed by atoms with Crippen LogP contribution in [0.3, 0.4) is 0 Å². The highest BCUT2D eigenvalue weighted by molar-refractivity contribution is 5.85. The fraction of sp³-hybridized carbons (Fsp3) is 0.316. The van der Waals surface area contributed by atoms with E-state index in [9.17, 15) is 4.79 Å². The van der Waals surface area contributed by atoms with Gasteiger partial charge in [0.25, 0.3) is 5.91 Å². The smallest absolute Gasteiger partial charge is 0.264 e. The minimum atomic E-state index is -0.408. The zero-order valence-electron chi connectivity index (χ0n) is 13.3. The average Bonchev–Trinajstić information content (AvgIpc) is 3.18. The molecule has 1 unspecified atom stereocenters. The number of nitrogens with zero attached hydrogens (tertiary/aromatic N) is 1. The molecule has 2 N–H and O–H groups in total. The molecule has 3 atom stereocenters. The van der Waals surface area contributed by atoms with E-state index in [0.29, 0.717) is 19.5 Å². The second-order valence-corrected chi connectivity index (χ2v) is 6.34. The maximum Gasteiger partial charge on any atom is 0.264 e. The Bertz CT molecular complexity index is 697. The Balaban J connectivity index is 0.00000169. The zero-order valence-corrected chi connectivity index (χ0v) is 14.1. The molecule has 0 radical (unpaired) electrons. The number of para-hydroxylation sites is 1. The van der Waals surface area contributed by atoms with Crippen molar-refractivity contribution in [2.24, 2.45) is 5.73 Å². The molecule has 24 heavy (non-hydrogen) atoms. The minimum Gasteiger partial charge on any atom is -0.480 e. The standard InChI is InChI=1S/C19H20N2O2.ClH/c20-16-12-21(11-15(16)13-6-2-1-3-7-13)19(22)18-10-14-8-4-5-9-17(14)23-18;/h1-9,15-16,18H,10-12,20H2;1H/t15-,16+,18?;/m0./s1. The summed E-state index contributed by atoms with van der Waals surface area (Å²) in [7, 11) is 0. The molecule has 1 fully saturated rings. The number of ether oxygens (including phenoxy) is 1. The highest BCUT2D eigenvalue weighted by Gasteiger charge is 2.39. The maximum atomic E-state index is 12.8. The monoisotopic (exact) mass is 344 g/mol. The van der Waals surface area contributed by atoms with Gasteiger partial charge < -0.3 is 15.4 Å². The van der Waals surface area contributed by atoms with Crippen molar-refractivity contribution in [3.8, 4) is 5.75 Å². The van der Waals surface area contributed by atoms with E-state index in [-0.39, 0.29) is 30.3 Å². The molecule has 1 amide bonds. The number of hydrogen-bond acceptors (Lipinski definition) is 3. The summed E-state index contributed by atoms with van der Waals surface area (Å²) in [5.41, 5.74) is 8.59. The third kappa shape index (κ3) is 2.99. The van der Waals surface area contributed by atoms with Crippen molar-refractivity contribution in [3.05, 3.63) is 65.7 Å². The molecular formula is C19H21ClN2O2. The van der Waals surface area contributed by atoms with Crippen molar-refractivity contribution in [1.82, 2.24) is 4.90 Å². The number of rotatable bonds is 2. The van der Waals surface area contributed by atoms with Gasteiger partial charge in [-0.2, -0.15) is 0 Å². The Hall–Kier alpha value is -2.04. The van der Waals surface area contributed by atoms with Gasteiger partial charge >= 0.3 is 0 Å². The van der Waals surface area contributed by atoms with Gasteiger partial charge in [0.15, 0.2) is 6.10 Å². The topological polar surface area (TPSA) is 55.6 Å². The Morgan fingerprint density at radius 2 is 1.75 bits per heavy atom. The van der Waals surface area contributed by atoms with Crippen LogP contribution >= 0.6 is 12.4 Å². The van der Waals surface area contributed by atoms with Gasteiger partial charge in [-0.15, -0.1) is 12.4 Å². The highest BCUT2D eigenvalue weighted by atomic mass is 35.5. The predicted molar refractivity (Wildman–Crippen MR) is 95.5 cm³/mol. The number of carbonyl (C=O) groups is 1. The van der Waals surface area contributed by atoms with Crippen molar-refractivity contribution < 1.29 is 9.53 Å². The number of likely N-dealkylation sites (tertiary alicyclic amines) is 1. The van der Waals surface area contributed by atoms with Crippen LogP contribution in [0.1, 0.15) is 17.0 Å². The van der Waals surface area contributed by atoms with E-state index >= 15 is 0 Å². The first-order valence-electron chi connectivity index (χ1n) is 8.06. The Morgan fingerprint density at radius 1 is 1.04 bits per heavy atom. The summed E-state index contributed by atoms with van der Waals surface area (Å²) < 4.78 is 5.83. The van der Waals surface area contributed by atoms with E-state index in [2.05, 4.69) is 12.1 Å². The third-order valence-electron chi connectivity index (χ3n) is 4.83. The first-order valence-corrected chi connectivity index (χ1v) is 8.06. The van der Waals surface area contributed by atoms with Crippen molar-refractivity contribution >= 4 is 18.3 Å². The maximum absolute atomic E-state index is 12.8. The quantitative estimate of drug-likeness (QED) is 0.910. The number of carbonyl (C=O) groups excluding carboxylic acids is 1. The highest BCUT2D eigenvalue weighted by Crippen LogP contribution is 2.31. The van der Waals surface area contributed by atoms with Gasteiger partial charge in [-0.05, 0) is 17.2 Å². The van der Waals surface area contributed by atoms with Crippen LogP contribution in [-0.4, -0.2) is 36.0 Å². The Labute approximate surface area is 148 Å². The number of hydrogen-bond donors (Lipinski definition) is 1. The summed E-state index contributed by atoms with van der Waals surface area (Å²) in [5, 5.41) is 0. The van der Waals surface area contributed by atoms with Crippen LogP contribution < -0.4 is 10.5 Å². The summed E-state index contributed by atoms with van der Waals surface area (Å²) in [6.07, 6.45) is 0.241. The summed E-state index contributed by atoms with van der Waals surface area (Å²) in [6.45, 7) is 1.26. The number of halogens is 1. The fourth-order valence-corrected chi connectivity index (χ4v) is 3.59. The summed E-state index contributed by atoms with van der Waals surface area (Å²) >= 11 is 0. The van der Waals surface area contributed by atoms with Gasteiger partial charge in [-0.25, -0.2) is 0 Å². The van der Waals surface area contributed by atoms with Crippen molar-refractivity contribution in [1.29, 1.82) is 0 Å². The molecule has 2 aromatic carbocycles. The molecule has 2 heterocycles. The Morgan fingerprint density at radius 3 is 2.50 bits per heavy atom. The second-order valence-electron chi connectivity index (χ2n) is 6.34. The first-order chi connectivity index (χ1) is 11.2. The molecule has 2 aliphatic heterocycles. The molecule has 4 rings (SSSR count). The van der Waals surface area contributed by atoms with Gasteiger partial charge in [0, 0.05) is 31.5 Å². The number of amides is 1. The molecule has 2 aliphatic rings. The molecule has 0 aliphatic carbocycles. The predicted octanol–water partition coefficient (Wildman–Crippen LogP) is 2.37. The van der Waals surface area contributed by atoms with E-state index in [4.69, 9.17) is 10.5 Å². The normalized spacial score (nSPS) is 24.9. The molecule has 0 spiro atoms. The molecule has 0 aromatic heterocycles. The van der Waals surface area contributed by atoms with Crippen LogP contribution in [0.4, 0.5) is 0 Å². The van der Waals surface area contributed by atoms with E-state index in [1.54, 1.807) is 0 Å². The fourth-order valence-electron chi connectivity index (χ4n) is 3.59. The van der Waals surface area contributed by atoms with E-state index in [1.807, 2.05) is 47.4 Å². The van der Waals surface area contributed by atoms with Crippen molar-refractivity contribution in [2.45, 2.75) is 24.5 Å². The molecule has 2 aromatic rings. The molecule has 4 nitrogen and oxygen atoms in total. The van der Waals surface area contributed by atoms with Crippen LogP contribution in [-0.2, 0) is 11.2 Å². The van der Waals surface area contributed by atoms with Crippen molar-refractivity contribution in [3.63, 3.8) is 0 Å². The minimum absolute atomic E-state index is 0. The van der Waals surface area contributed by atoms with Gasteiger partial charge in [0.2, 0.25) is 0 Å². The lowest BCUT2D eigenvalue weighted by atomic mass is 9.95. The molecule has 0 saturated carbocycles. The summed E-state index contributed by atoms with van der Waals surface area (Å²) in [4.78, 5) is 14.6. The van der Waals surface area contributed by atoms with Gasteiger partial charge in [-0.1, -0.05) is 48.5 Å². The van der Waals surface area contributed by atoms with Gasteiger partial charge in [-0.3, -0.25) is 4.79 Å². The lowest BCUT2D eigenvalue weighted by molar-refractivity contribution is -0.136. The third-order valence-corrected chi connectivity index (χ3v) is 4.83. The lowest BCUT2D eigenvalue weighted by Crippen LogP contribution is -2.41. The van der Waals surface area contributed by atoms with E-state index < -0.39 is 6.10 Å². The van der Waals surface area contributed by atoms with Gasteiger partial charge in [0.1, 0.15) is 5.75 Å². The van der Waals surface area contributed by atoms with Crippen LogP contribution in [0.15, 0.2) is 54.6 Å². The van der Waals surface area contributed by atoms with Crippen LogP contribution in [0.2, 0.25) is 0 Å². The number of benzene rings is 2. The zero-order chi connectivity index (χ0) is 15.8. The van der Waals surface area contributed by atoms with Gasteiger partial charge in [0.05, 0.1) is 0 Å². The summed E-state index contributed by atoms with van der Waals surface area (Å²) in [6, 6.07) is 18.0. The average molecular weight is 345 g/mol. The molecular weight excluding hydrogens is 324 g/mol. The molecule has 126 valence electrons. The van der Waals surface area contributed by atoms with Crippen LogP contribution in [0.5, 0.6) is 5.75 Å². The van der Waals surface area contributed by atoms with Crippen LogP contribution in [0, 0.1) is 0 Å². The number of fused-ring (bicyclic) bond motifs is 1.